The number of amides is 1. The summed E-state index contributed by atoms with van der Waals surface area (Å²) in [6.07, 6.45) is 3.44. The lowest BCUT2D eigenvalue weighted by molar-refractivity contribution is -0.137. The Hall–Kier alpha value is -0.570. The monoisotopic (exact) mass is 210 g/mol. The fourth-order valence-electron chi connectivity index (χ4n) is 2.76. The van der Waals surface area contributed by atoms with Gasteiger partial charge in [0.1, 0.15) is 0 Å². The van der Waals surface area contributed by atoms with Crippen molar-refractivity contribution in [2.45, 2.75) is 39.2 Å². The number of rotatable bonds is 2. The Morgan fingerprint density at radius 2 is 2.07 bits per heavy atom. The van der Waals surface area contributed by atoms with E-state index in [0.717, 1.165) is 19.4 Å². The summed E-state index contributed by atoms with van der Waals surface area (Å²) in [4.78, 5) is 14.2. The van der Waals surface area contributed by atoms with E-state index in [1.165, 1.54) is 6.42 Å². The summed E-state index contributed by atoms with van der Waals surface area (Å²) in [5.41, 5.74) is 5.78. The number of nitrogens with two attached hydrogens (primary N) is 1. The number of hydrogen-bond acceptors (Lipinski definition) is 2. The minimum Gasteiger partial charge on any atom is -0.338 e. The van der Waals surface area contributed by atoms with Crippen LogP contribution in [0, 0.1) is 17.8 Å². The van der Waals surface area contributed by atoms with Crippen LogP contribution < -0.4 is 5.73 Å². The molecule has 1 aliphatic heterocycles. The lowest BCUT2D eigenvalue weighted by atomic mass is 9.90. The number of carbonyl (C=O) groups is 1. The highest BCUT2D eigenvalue weighted by Gasteiger charge is 2.44. The van der Waals surface area contributed by atoms with E-state index in [1.807, 2.05) is 0 Å². The maximum absolute atomic E-state index is 12.2. The molecular formula is C12H22N2O. The first kappa shape index (κ1) is 10.9. The molecule has 4 atom stereocenters. The van der Waals surface area contributed by atoms with Gasteiger partial charge < -0.3 is 10.6 Å². The topological polar surface area (TPSA) is 46.3 Å². The molecule has 0 bridgehead atoms. The standard InChI is InChI=1S/C12H22N2O/c1-8-4-3-5-14(11(8)7-13)12(15)10-6-9(10)2/h8-11H,3-7,13H2,1-2H3/t8-,9+,10-,11-/m0/s1. The zero-order valence-electron chi connectivity index (χ0n) is 9.78. The van der Waals surface area contributed by atoms with E-state index in [1.54, 1.807) is 0 Å². The van der Waals surface area contributed by atoms with Crippen LogP contribution in [-0.4, -0.2) is 29.9 Å². The Kier molecular flexibility index (Phi) is 3.01. The summed E-state index contributed by atoms with van der Waals surface area (Å²) < 4.78 is 0. The number of nitrogens with zero attached hydrogens (tertiary/aromatic N) is 1. The summed E-state index contributed by atoms with van der Waals surface area (Å²) in [6.45, 7) is 5.92. The smallest absolute Gasteiger partial charge is 0.226 e. The number of hydrogen-bond donors (Lipinski definition) is 1. The summed E-state index contributed by atoms with van der Waals surface area (Å²) in [6, 6.07) is 0.291. The summed E-state index contributed by atoms with van der Waals surface area (Å²) in [5, 5.41) is 0. The van der Waals surface area contributed by atoms with Gasteiger partial charge in [-0.3, -0.25) is 4.79 Å². The zero-order valence-corrected chi connectivity index (χ0v) is 9.78. The third-order valence-electron chi connectivity index (χ3n) is 4.07. The normalized spacial score (nSPS) is 40.3. The lowest BCUT2D eigenvalue weighted by Crippen LogP contribution is -2.52. The van der Waals surface area contributed by atoms with E-state index in [4.69, 9.17) is 5.73 Å². The maximum Gasteiger partial charge on any atom is 0.226 e. The number of likely N-dealkylation sites (tertiary alicyclic amines) is 1. The molecule has 3 nitrogen and oxygen atoms in total. The van der Waals surface area contributed by atoms with Crippen LogP contribution in [0.15, 0.2) is 0 Å². The molecule has 2 aliphatic rings. The van der Waals surface area contributed by atoms with Crippen molar-refractivity contribution in [3.63, 3.8) is 0 Å². The molecule has 1 saturated carbocycles. The van der Waals surface area contributed by atoms with E-state index in [0.29, 0.717) is 36.2 Å². The first-order valence-electron chi connectivity index (χ1n) is 6.15. The van der Waals surface area contributed by atoms with E-state index in [2.05, 4.69) is 18.7 Å². The molecule has 1 saturated heterocycles. The van der Waals surface area contributed by atoms with Crippen molar-refractivity contribution in [3.05, 3.63) is 0 Å². The third-order valence-corrected chi connectivity index (χ3v) is 4.07. The highest BCUT2D eigenvalue weighted by atomic mass is 16.2. The molecule has 2 fully saturated rings. The van der Waals surface area contributed by atoms with Gasteiger partial charge in [-0.15, -0.1) is 0 Å². The molecule has 3 heteroatoms. The summed E-state index contributed by atoms with van der Waals surface area (Å²) >= 11 is 0. The van der Waals surface area contributed by atoms with E-state index in [-0.39, 0.29) is 0 Å². The van der Waals surface area contributed by atoms with Crippen molar-refractivity contribution in [1.29, 1.82) is 0 Å². The van der Waals surface area contributed by atoms with Gasteiger partial charge in [0.2, 0.25) is 5.91 Å². The SMILES string of the molecule is C[C@@H]1C[C@@H]1C(=O)N1CCC[C@H](C)[C@@H]1CN. The van der Waals surface area contributed by atoms with Crippen molar-refractivity contribution >= 4 is 5.91 Å². The molecular weight excluding hydrogens is 188 g/mol. The fourth-order valence-corrected chi connectivity index (χ4v) is 2.76. The van der Waals surface area contributed by atoms with Gasteiger partial charge in [0.15, 0.2) is 0 Å². The average molecular weight is 210 g/mol. The molecule has 0 aromatic carbocycles. The van der Waals surface area contributed by atoms with Crippen LogP contribution in [-0.2, 0) is 4.79 Å². The highest BCUT2D eigenvalue weighted by molar-refractivity contribution is 5.82. The number of carbonyl (C=O) groups excluding carboxylic acids is 1. The molecule has 0 aromatic rings. The average Bonchev–Trinajstić information content (AvgIpc) is 2.94. The second kappa shape index (κ2) is 4.12. The summed E-state index contributed by atoms with van der Waals surface area (Å²) in [5.74, 6) is 1.85. The maximum atomic E-state index is 12.2. The Morgan fingerprint density at radius 3 is 2.60 bits per heavy atom. The lowest BCUT2D eigenvalue weighted by Gasteiger charge is -2.39. The van der Waals surface area contributed by atoms with Gasteiger partial charge in [0.05, 0.1) is 0 Å². The van der Waals surface area contributed by atoms with Crippen LogP contribution in [0.25, 0.3) is 0 Å². The van der Waals surface area contributed by atoms with Crippen molar-refractivity contribution in [2.75, 3.05) is 13.1 Å². The van der Waals surface area contributed by atoms with Crippen LogP contribution in [0.3, 0.4) is 0 Å². The zero-order chi connectivity index (χ0) is 11.0. The first-order chi connectivity index (χ1) is 7.15. The van der Waals surface area contributed by atoms with Gasteiger partial charge in [-0.25, -0.2) is 0 Å². The van der Waals surface area contributed by atoms with Gasteiger partial charge in [-0.1, -0.05) is 13.8 Å². The predicted molar refractivity (Wildman–Crippen MR) is 60.2 cm³/mol. The Balaban J connectivity index is 2.02. The molecule has 2 N–H and O–H groups in total. The van der Waals surface area contributed by atoms with Gasteiger partial charge in [0.25, 0.3) is 0 Å². The molecule has 1 aliphatic carbocycles. The summed E-state index contributed by atoms with van der Waals surface area (Å²) in [7, 11) is 0. The van der Waals surface area contributed by atoms with Crippen LogP contribution >= 0.6 is 0 Å². The minimum absolute atomic E-state index is 0.291. The van der Waals surface area contributed by atoms with E-state index in [9.17, 15) is 4.79 Å². The van der Waals surface area contributed by atoms with Gasteiger partial charge in [-0.05, 0) is 31.1 Å². The van der Waals surface area contributed by atoms with Gasteiger partial charge >= 0.3 is 0 Å². The molecule has 86 valence electrons. The largest absolute Gasteiger partial charge is 0.338 e. The molecule has 1 heterocycles. The van der Waals surface area contributed by atoms with E-state index < -0.39 is 0 Å². The second-order valence-corrected chi connectivity index (χ2v) is 5.27. The van der Waals surface area contributed by atoms with Crippen molar-refractivity contribution in [3.8, 4) is 0 Å². The molecule has 1 amide bonds. The van der Waals surface area contributed by atoms with Gasteiger partial charge in [0, 0.05) is 25.0 Å². The molecule has 15 heavy (non-hydrogen) atoms. The minimum atomic E-state index is 0.291. The molecule has 0 unspecified atom stereocenters. The van der Waals surface area contributed by atoms with Crippen LogP contribution in [0.5, 0.6) is 0 Å². The van der Waals surface area contributed by atoms with Gasteiger partial charge in [-0.2, -0.15) is 0 Å². The second-order valence-electron chi connectivity index (χ2n) is 5.27. The fraction of sp³-hybridized carbons (Fsp3) is 0.917. The molecule has 2 rings (SSSR count). The van der Waals surface area contributed by atoms with Crippen molar-refractivity contribution in [1.82, 2.24) is 4.90 Å². The third kappa shape index (κ3) is 2.03. The Morgan fingerprint density at radius 1 is 1.40 bits per heavy atom. The number of piperidine rings is 1. The highest BCUT2D eigenvalue weighted by Crippen LogP contribution is 2.40. The van der Waals surface area contributed by atoms with Crippen LogP contribution in [0.1, 0.15) is 33.1 Å². The Labute approximate surface area is 92.0 Å². The van der Waals surface area contributed by atoms with Crippen molar-refractivity contribution < 1.29 is 4.79 Å². The molecule has 0 spiro atoms. The quantitative estimate of drug-likeness (QED) is 0.745. The van der Waals surface area contributed by atoms with Crippen LogP contribution in [0.4, 0.5) is 0 Å². The first-order valence-corrected chi connectivity index (χ1v) is 6.15. The Bertz CT molecular complexity index is 254. The van der Waals surface area contributed by atoms with E-state index >= 15 is 0 Å². The van der Waals surface area contributed by atoms with Crippen LogP contribution in [0.2, 0.25) is 0 Å². The predicted octanol–water partition coefficient (Wildman–Crippen LogP) is 1.23. The van der Waals surface area contributed by atoms with Crippen molar-refractivity contribution in [2.24, 2.45) is 23.5 Å². The molecule has 0 radical (unpaired) electrons. The molecule has 0 aromatic heterocycles.